The molecule has 0 heterocycles. The van der Waals surface area contributed by atoms with E-state index in [4.69, 9.17) is 0 Å². The van der Waals surface area contributed by atoms with Gasteiger partial charge >= 0.3 is 5.97 Å². The zero-order valence-corrected chi connectivity index (χ0v) is 7.38. The van der Waals surface area contributed by atoms with Crippen molar-refractivity contribution >= 4 is 5.97 Å². The Morgan fingerprint density at radius 2 is 2.33 bits per heavy atom. The van der Waals surface area contributed by atoms with E-state index in [0.29, 0.717) is 0 Å². The molecular formula is C10H14O2. The van der Waals surface area contributed by atoms with Gasteiger partial charge in [-0.2, -0.15) is 0 Å². The summed E-state index contributed by atoms with van der Waals surface area (Å²) in [7, 11) is 1.35. The fourth-order valence-electron chi connectivity index (χ4n) is 0.633. The molecule has 0 radical (unpaired) electrons. The van der Waals surface area contributed by atoms with Gasteiger partial charge in [0.15, 0.2) is 0 Å². The molecule has 0 N–H and O–H groups in total. The second kappa shape index (κ2) is 7.83. The third-order valence-electron chi connectivity index (χ3n) is 1.28. The first kappa shape index (κ1) is 10.7. The van der Waals surface area contributed by atoms with E-state index in [1.807, 2.05) is 12.2 Å². The first-order valence-corrected chi connectivity index (χ1v) is 3.91. The minimum absolute atomic E-state index is 0.366. The van der Waals surface area contributed by atoms with E-state index < -0.39 is 0 Å². The van der Waals surface area contributed by atoms with E-state index in [0.717, 1.165) is 19.3 Å². The Morgan fingerprint density at radius 1 is 1.58 bits per heavy atom. The van der Waals surface area contributed by atoms with Gasteiger partial charge in [-0.25, -0.2) is 4.79 Å². The maximum atomic E-state index is 10.5. The predicted octanol–water partition coefficient (Wildman–Crippen LogP) is 2.23. The van der Waals surface area contributed by atoms with Crippen LogP contribution in [0.25, 0.3) is 0 Å². The lowest BCUT2D eigenvalue weighted by Crippen LogP contribution is -1.92. The van der Waals surface area contributed by atoms with Crippen LogP contribution in [0.15, 0.2) is 30.5 Å². The molecule has 0 aromatic heterocycles. The van der Waals surface area contributed by atoms with Gasteiger partial charge in [0.25, 0.3) is 0 Å². The van der Waals surface area contributed by atoms with Gasteiger partial charge in [-0.05, 0) is 25.3 Å². The molecule has 0 unspecified atom stereocenters. The molecule has 12 heavy (non-hydrogen) atoms. The van der Waals surface area contributed by atoms with Crippen molar-refractivity contribution in [2.24, 2.45) is 0 Å². The molecule has 0 saturated heterocycles. The maximum absolute atomic E-state index is 10.5. The molecule has 0 rings (SSSR count). The van der Waals surface area contributed by atoms with Gasteiger partial charge in [0, 0.05) is 0 Å². The quantitative estimate of drug-likeness (QED) is 0.206. The van der Waals surface area contributed by atoms with Gasteiger partial charge in [0.1, 0.15) is 0 Å². The van der Waals surface area contributed by atoms with Crippen molar-refractivity contribution in [3.05, 3.63) is 30.5 Å². The Hall–Kier alpha value is -1.27. The molecule has 0 amide bonds. The van der Waals surface area contributed by atoms with Crippen LogP contribution in [0, 0.1) is 0 Å². The average molecular weight is 166 g/mol. The number of unbranched alkanes of at least 4 members (excludes halogenated alkanes) is 2. The lowest BCUT2D eigenvalue weighted by Gasteiger charge is -1.86. The number of allylic oxidation sites excluding steroid dienone is 1. The van der Waals surface area contributed by atoms with Gasteiger partial charge in [-0.15, -0.1) is 12.3 Å². The van der Waals surface area contributed by atoms with Gasteiger partial charge in [-0.3, -0.25) is 0 Å². The fourth-order valence-corrected chi connectivity index (χ4v) is 0.633. The van der Waals surface area contributed by atoms with Gasteiger partial charge < -0.3 is 4.74 Å². The number of methoxy groups -OCH3 is 1. The highest BCUT2D eigenvalue weighted by molar-refractivity contribution is 5.81. The first-order chi connectivity index (χ1) is 5.81. The molecule has 0 atom stereocenters. The van der Waals surface area contributed by atoms with Crippen LogP contribution in [0.5, 0.6) is 0 Å². The highest BCUT2D eigenvalue weighted by atomic mass is 16.5. The van der Waals surface area contributed by atoms with E-state index in [-0.39, 0.29) is 5.97 Å². The summed E-state index contributed by atoms with van der Waals surface area (Å²) in [5, 5.41) is 0. The summed E-state index contributed by atoms with van der Waals surface area (Å²) >= 11 is 0. The number of carbonyl (C=O) groups excluding carboxylic acids is 1. The maximum Gasteiger partial charge on any atom is 0.338 e. The average Bonchev–Trinajstić information content (AvgIpc) is 2.10. The number of carbonyl (C=O) groups is 1. The third-order valence-corrected chi connectivity index (χ3v) is 1.28. The zero-order chi connectivity index (χ0) is 9.23. The Bertz CT molecular complexity index is 198. The second-order valence-corrected chi connectivity index (χ2v) is 2.26. The molecule has 2 nitrogen and oxygen atoms in total. The molecule has 2 heteroatoms. The summed E-state index contributed by atoms with van der Waals surface area (Å²) in [6.07, 6.45) is 7.94. The summed E-state index contributed by atoms with van der Waals surface area (Å²) in [5.74, 6) is -0.366. The first-order valence-electron chi connectivity index (χ1n) is 3.91. The summed E-state index contributed by atoms with van der Waals surface area (Å²) < 4.78 is 4.38. The molecule has 0 bridgehead atoms. The monoisotopic (exact) mass is 166 g/mol. The molecule has 0 aliphatic rings. The molecule has 0 aromatic carbocycles. The van der Waals surface area contributed by atoms with E-state index in [2.05, 4.69) is 17.0 Å². The Labute approximate surface area is 73.2 Å². The SMILES string of the molecule is C=CCCCC=C=CC(=O)OC. The van der Waals surface area contributed by atoms with Crippen molar-refractivity contribution in [3.8, 4) is 0 Å². The molecule has 0 aliphatic heterocycles. The number of esters is 1. The van der Waals surface area contributed by atoms with Crippen molar-refractivity contribution in [2.45, 2.75) is 19.3 Å². The lowest BCUT2D eigenvalue weighted by atomic mass is 10.2. The Kier molecular flexibility index (Phi) is 7.00. The number of hydrogen-bond acceptors (Lipinski definition) is 2. The molecule has 0 aliphatic carbocycles. The molecule has 0 aromatic rings. The Morgan fingerprint density at radius 3 is 2.92 bits per heavy atom. The minimum atomic E-state index is -0.366. The van der Waals surface area contributed by atoms with Crippen molar-refractivity contribution in [2.75, 3.05) is 7.11 Å². The van der Waals surface area contributed by atoms with Crippen LogP contribution < -0.4 is 0 Å². The van der Waals surface area contributed by atoms with Crippen LogP contribution >= 0.6 is 0 Å². The van der Waals surface area contributed by atoms with Gasteiger partial charge in [-0.1, -0.05) is 6.08 Å². The molecule has 66 valence electrons. The standard InChI is InChI=1S/C10H14O2/c1-3-4-5-6-7-8-9-10(11)12-2/h3,7,9H,1,4-6H2,2H3. The topological polar surface area (TPSA) is 26.3 Å². The minimum Gasteiger partial charge on any atom is -0.465 e. The van der Waals surface area contributed by atoms with Crippen molar-refractivity contribution in [3.63, 3.8) is 0 Å². The molecule has 0 saturated carbocycles. The van der Waals surface area contributed by atoms with Gasteiger partial charge in [0.05, 0.1) is 13.2 Å². The summed E-state index contributed by atoms with van der Waals surface area (Å²) in [6, 6.07) is 0. The van der Waals surface area contributed by atoms with Crippen LogP contribution in [0.4, 0.5) is 0 Å². The number of ether oxygens (including phenoxy) is 1. The predicted molar refractivity (Wildman–Crippen MR) is 48.7 cm³/mol. The lowest BCUT2D eigenvalue weighted by molar-refractivity contribution is -0.134. The molecule has 0 spiro atoms. The normalized spacial score (nSPS) is 8.08. The van der Waals surface area contributed by atoms with Crippen LogP contribution in [0.3, 0.4) is 0 Å². The molecule has 0 fully saturated rings. The second-order valence-electron chi connectivity index (χ2n) is 2.26. The summed E-state index contributed by atoms with van der Waals surface area (Å²) in [4.78, 5) is 10.5. The van der Waals surface area contributed by atoms with Crippen LogP contribution in [0.2, 0.25) is 0 Å². The van der Waals surface area contributed by atoms with Crippen LogP contribution in [-0.4, -0.2) is 13.1 Å². The third kappa shape index (κ3) is 6.84. The van der Waals surface area contributed by atoms with Crippen molar-refractivity contribution in [1.29, 1.82) is 0 Å². The van der Waals surface area contributed by atoms with Crippen LogP contribution in [-0.2, 0) is 9.53 Å². The Balaban J connectivity index is 3.53. The van der Waals surface area contributed by atoms with E-state index in [9.17, 15) is 4.79 Å². The number of rotatable bonds is 5. The number of hydrogen-bond donors (Lipinski definition) is 0. The van der Waals surface area contributed by atoms with Gasteiger partial charge in [0.2, 0.25) is 0 Å². The van der Waals surface area contributed by atoms with E-state index in [1.165, 1.54) is 13.2 Å². The van der Waals surface area contributed by atoms with Crippen molar-refractivity contribution in [1.82, 2.24) is 0 Å². The van der Waals surface area contributed by atoms with E-state index in [1.54, 1.807) is 0 Å². The van der Waals surface area contributed by atoms with Crippen molar-refractivity contribution < 1.29 is 9.53 Å². The summed E-state index contributed by atoms with van der Waals surface area (Å²) in [5.41, 5.74) is 2.74. The smallest absolute Gasteiger partial charge is 0.338 e. The summed E-state index contributed by atoms with van der Waals surface area (Å²) in [6.45, 7) is 3.60. The largest absolute Gasteiger partial charge is 0.465 e. The van der Waals surface area contributed by atoms with E-state index >= 15 is 0 Å². The highest BCUT2D eigenvalue weighted by Gasteiger charge is 1.85. The zero-order valence-electron chi connectivity index (χ0n) is 7.38. The fraction of sp³-hybridized carbons (Fsp3) is 0.400. The highest BCUT2D eigenvalue weighted by Crippen LogP contribution is 1.95. The van der Waals surface area contributed by atoms with Crippen LogP contribution in [0.1, 0.15) is 19.3 Å². The molecular weight excluding hydrogens is 152 g/mol.